The summed E-state index contributed by atoms with van der Waals surface area (Å²) in [6, 6.07) is 6.40. The average Bonchev–Trinajstić information content (AvgIpc) is 2.04. The summed E-state index contributed by atoms with van der Waals surface area (Å²) in [4.78, 5) is 10.4. The standard InChI is InChI=1S/C8H6Cl2O2/c9-6-3-1-5(2-4-6)7(10)8(11)12/h1-4,7H,(H,11,12)/t7-/m1/s1. The smallest absolute Gasteiger partial charge is 0.326 e. The summed E-state index contributed by atoms with van der Waals surface area (Å²) < 4.78 is 0. The molecule has 12 heavy (non-hydrogen) atoms. The van der Waals surface area contributed by atoms with Crippen LogP contribution in [0.15, 0.2) is 24.3 Å². The molecule has 0 aliphatic heterocycles. The summed E-state index contributed by atoms with van der Waals surface area (Å²) >= 11 is 11.2. The zero-order chi connectivity index (χ0) is 9.14. The molecule has 0 heterocycles. The number of rotatable bonds is 2. The number of carbonyl (C=O) groups is 1. The van der Waals surface area contributed by atoms with Gasteiger partial charge in [0.05, 0.1) is 0 Å². The topological polar surface area (TPSA) is 37.3 Å². The van der Waals surface area contributed by atoms with Gasteiger partial charge in [0.1, 0.15) is 0 Å². The normalized spacial score (nSPS) is 12.5. The van der Waals surface area contributed by atoms with Gasteiger partial charge in [-0.05, 0) is 17.7 Å². The van der Waals surface area contributed by atoms with E-state index in [9.17, 15) is 4.79 Å². The molecule has 1 N–H and O–H groups in total. The summed E-state index contributed by atoms with van der Waals surface area (Å²) in [7, 11) is 0. The maximum Gasteiger partial charge on any atom is 0.326 e. The Balaban J connectivity index is 2.89. The van der Waals surface area contributed by atoms with Crippen molar-refractivity contribution in [2.45, 2.75) is 5.38 Å². The molecule has 0 saturated carbocycles. The van der Waals surface area contributed by atoms with Crippen molar-refractivity contribution in [1.29, 1.82) is 0 Å². The van der Waals surface area contributed by atoms with Gasteiger partial charge in [-0.25, -0.2) is 0 Å². The summed E-state index contributed by atoms with van der Waals surface area (Å²) in [6.07, 6.45) is 0. The summed E-state index contributed by atoms with van der Waals surface area (Å²) in [6.45, 7) is 0. The van der Waals surface area contributed by atoms with Crippen molar-refractivity contribution in [2.75, 3.05) is 0 Å². The minimum absolute atomic E-state index is 0.536. The van der Waals surface area contributed by atoms with Gasteiger partial charge in [-0.2, -0.15) is 0 Å². The Morgan fingerprint density at radius 2 is 1.83 bits per heavy atom. The van der Waals surface area contributed by atoms with Gasteiger partial charge in [-0.3, -0.25) is 4.79 Å². The first-order valence-corrected chi connectivity index (χ1v) is 4.05. The Kier molecular flexibility index (Phi) is 2.95. The molecule has 0 aliphatic rings. The van der Waals surface area contributed by atoms with Gasteiger partial charge in [0, 0.05) is 5.02 Å². The molecule has 0 spiro atoms. The second-order valence-corrected chi connectivity index (χ2v) is 3.13. The molecule has 0 radical (unpaired) electrons. The van der Waals surface area contributed by atoms with E-state index in [0.29, 0.717) is 10.6 Å². The number of hydrogen-bond acceptors (Lipinski definition) is 1. The number of halogens is 2. The number of carboxylic acids is 1. The van der Waals surface area contributed by atoms with Crippen LogP contribution in [0.25, 0.3) is 0 Å². The van der Waals surface area contributed by atoms with Crippen LogP contribution in [0.4, 0.5) is 0 Å². The summed E-state index contributed by atoms with van der Waals surface area (Å²) in [5.74, 6) is -1.06. The third-order valence-corrected chi connectivity index (χ3v) is 2.07. The zero-order valence-corrected chi connectivity index (χ0v) is 7.51. The Labute approximate surface area is 79.7 Å². The van der Waals surface area contributed by atoms with Crippen LogP contribution < -0.4 is 0 Å². The first kappa shape index (κ1) is 9.36. The molecule has 2 nitrogen and oxygen atoms in total. The van der Waals surface area contributed by atoms with Crippen LogP contribution in [-0.4, -0.2) is 11.1 Å². The number of alkyl halides is 1. The van der Waals surface area contributed by atoms with E-state index in [1.807, 2.05) is 0 Å². The monoisotopic (exact) mass is 204 g/mol. The molecule has 1 aromatic carbocycles. The lowest BCUT2D eigenvalue weighted by Gasteiger charge is -2.03. The van der Waals surface area contributed by atoms with Crippen molar-refractivity contribution in [3.63, 3.8) is 0 Å². The lowest BCUT2D eigenvalue weighted by Crippen LogP contribution is -2.04. The van der Waals surface area contributed by atoms with Crippen LogP contribution in [0.3, 0.4) is 0 Å². The molecule has 0 bridgehead atoms. The first-order chi connectivity index (χ1) is 5.61. The Bertz CT molecular complexity index is 282. The quantitative estimate of drug-likeness (QED) is 0.753. The van der Waals surface area contributed by atoms with E-state index >= 15 is 0 Å². The molecule has 4 heteroatoms. The second-order valence-electron chi connectivity index (χ2n) is 2.25. The van der Waals surface area contributed by atoms with E-state index in [0.717, 1.165) is 0 Å². The second kappa shape index (κ2) is 3.78. The SMILES string of the molecule is O=C(O)[C@H](Cl)c1ccc(Cl)cc1. The third kappa shape index (κ3) is 2.13. The lowest BCUT2D eigenvalue weighted by molar-refractivity contribution is -0.136. The molecule has 1 atom stereocenters. The first-order valence-electron chi connectivity index (χ1n) is 3.23. The van der Waals surface area contributed by atoms with E-state index in [1.165, 1.54) is 0 Å². The molecule has 1 rings (SSSR count). The van der Waals surface area contributed by atoms with Crippen molar-refractivity contribution in [3.8, 4) is 0 Å². The highest BCUT2D eigenvalue weighted by Gasteiger charge is 2.15. The van der Waals surface area contributed by atoms with E-state index in [2.05, 4.69) is 0 Å². The van der Waals surface area contributed by atoms with E-state index in [4.69, 9.17) is 28.3 Å². The third-order valence-electron chi connectivity index (χ3n) is 1.38. The van der Waals surface area contributed by atoms with Gasteiger partial charge in [0.2, 0.25) is 0 Å². The van der Waals surface area contributed by atoms with Crippen molar-refractivity contribution in [3.05, 3.63) is 34.9 Å². The maximum absolute atomic E-state index is 10.4. The van der Waals surface area contributed by atoms with E-state index < -0.39 is 11.3 Å². The molecular weight excluding hydrogens is 199 g/mol. The van der Waals surface area contributed by atoms with Crippen molar-refractivity contribution in [2.24, 2.45) is 0 Å². The Morgan fingerprint density at radius 3 is 2.25 bits per heavy atom. The molecule has 0 amide bonds. The number of aliphatic carboxylic acids is 1. The lowest BCUT2D eigenvalue weighted by atomic mass is 10.1. The molecule has 0 fully saturated rings. The van der Waals surface area contributed by atoms with Gasteiger partial charge in [0.25, 0.3) is 0 Å². The van der Waals surface area contributed by atoms with E-state index in [1.54, 1.807) is 24.3 Å². The summed E-state index contributed by atoms with van der Waals surface area (Å²) in [5.41, 5.74) is 0.536. The Hall–Kier alpha value is -0.730. The molecule has 0 unspecified atom stereocenters. The predicted molar refractivity (Wildman–Crippen MR) is 47.7 cm³/mol. The molecule has 0 aliphatic carbocycles. The van der Waals surface area contributed by atoms with Crippen LogP contribution in [-0.2, 0) is 4.79 Å². The van der Waals surface area contributed by atoms with Crippen LogP contribution in [0.5, 0.6) is 0 Å². The van der Waals surface area contributed by atoms with Crippen LogP contribution in [0.2, 0.25) is 5.02 Å². The van der Waals surface area contributed by atoms with Gasteiger partial charge < -0.3 is 5.11 Å². The van der Waals surface area contributed by atoms with Crippen molar-refractivity contribution < 1.29 is 9.90 Å². The van der Waals surface area contributed by atoms with Gasteiger partial charge >= 0.3 is 5.97 Å². The zero-order valence-electron chi connectivity index (χ0n) is 6.00. The van der Waals surface area contributed by atoms with Crippen molar-refractivity contribution in [1.82, 2.24) is 0 Å². The average molecular weight is 205 g/mol. The van der Waals surface area contributed by atoms with Gasteiger partial charge in [0.15, 0.2) is 5.38 Å². The number of benzene rings is 1. The van der Waals surface area contributed by atoms with Gasteiger partial charge in [-0.15, -0.1) is 11.6 Å². The highest BCUT2D eigenvalue weighted by Crippen LogP contribution is 2.21. The van der Waals surface area contributed by atoms with Crippen LogP contribution >= 0.6 is 23.2 Å². The fourth-order valence-electron chi connectivity index (χ4n) is 0.774. The molecule has 64 valence electrons. The highest BCUT2D eigenvalue weighted by atomic mass is 35.5. The predicted octanol–water partition coefficient (Wildman–Crippen LogP) is 2.70. The largest absolute Gasteiger partial charge is 0.480 e. The maximum atomic E-state index is 10.4. The molecule has 1 aromatic rings. The highest BCUT2D eigenvalue weighted by molar-refractivity contribution is 6.31. The number of carboxylic acid groups (broad SMARTS) is 1. The minimum Gasteiger partial charge on any atom is -0.480 e. The van der Waals surface area contributed by atoms with Crippen molar-refractivity contribution >= 4 is 29.2 Å². The minimum atomic E-state index is -1.06. The fraction of sp³-hybridized carbons (Fsp3) is 0.125. The number of hydrogen-bond donors (Lipinski definition) is 1. The summed E-state index contributed by atoms with van der Waals surface area (Å²) in [5, 5.41) is 8.10. The van der Waals surface area contributed by atoms with Crippen LogP contribution in [0, 0.1) is 0 Å². The van der Waals surface area contributed by atoms with Crippen LogP contribution in [0.1, 0.15) is 10.9 Å². The van der Waals surface area contributed by atoms with E-state index in [-0.39, 0.29) is 0 Å². The molecule has 0 saturated heterocycles. The fourth-order valence-corrected chi connectivity index (χ4v) is 1.05. The van der Waals surface area contributed by atoms with Gasteiger partial charge in [-0.1, -0.05) is 23.7 Å². The Morgan fingerprint density at radius 1 is 1.33 bits per heavy atom. The molecule has 0 aromatic heterocycles. The molecular formula is C8H6Cl2O2.